The van der Waals surface area contributed by atoms with Crippen LogP contribution in [0.25, 0.3) is 0 Å². The molecule has 1 fully saturated rings. The van der Waals surface area contributed by atoms with Crippen LogP contribution in [0.2, 0.25) is 17.2 Å². The summed E-state index contributed by atoms with van der Waals surface area (Å²) in [5, 5.41) is 0. The van der Waals surface area contributed by atoms with E-state index in [4.69, 9.17) is 4.74 Å². The molecule has 1 rings (SSSR count). The van der Waals surface area contributed by atoms with Crippen molar-refractivity contribution < 1.29 is 14.3 Å². The van der Waals surface area contributed by atoms with Crippen LogP contribution in [0, 0.1) is 5.92 Å². The van der Waals surface area contributed by atoms with Gasteiger partial charge in [0.25, 0.3) is 0 Å². The van der Waals surface area contributed by atoms with Crippen LogP contribution in [-0.2, 0) is 14.3 Å². The number of ether oxygens (including phenoxy) is 1. The predicted octanol–water partition coefficient (Wildman–Crippen LogP) is 7.08. The summed E-state index contributed by atoms with van der Waals surface area (Å²) in [7, 11) is 0. The SMILES string of the molecule is C=CC(CC1C(=O)CCC[CH]1[Sn]([CH2]CCC)([CH2]CCC)[CH2]CCC)OC(C)=O. The third-order valence-corrected chi connectivity index (χ3v) is 24.8. The van der Waals surface area contributed by atoms with Gasteiger partial charge in [-0.15, -0.1) is 0 Å². The summed E-state index contributed by atoms with van der Waals surface area (Å²) in [6, 6.07) is 0. The van der Waals surface area contributed by atoms with Gasteiger partial charge in [-0.05, 0) is 0 Å². The first-order chi connectivity index (χ1) is 13.4. The van der Waals surface area contributed by atoms with Crippen LogP contribution >= 0.6 is 0 Å². The Bertz CT molecular complexity index is 466. The maximum absolute atomic E-state index is 13.1. The fourth-order valence-electron chi connectivity index (χ4n) is 5.31. The fourth-order valence-corrected chi connectivity index (χ4v) is 25.4. The van der Waals surface area contributed by atoms with Gasteiger partial charge in [-0.2, -0.15) is 0 Å². The number of ketones is 1. The van der Waals surface area contributed by atoms with E-state index in [0.717, 1.165) is 6.42 Å². The topological polar surface area (TPSA) is 43.4 Å². The molecule has 3 unspecified atom stereocenters. The van der Waals surface area contributed by atoms with Gasteiger partial charge < -0.3 is 0 Å². The molecule has 0 saturated heterocycles. The van der Waals surface area contributed by atoms with Crippen LogP contribution in [0.4, 0.5) is 0 Å². The van der Waals surface area contributed by atoms with Gasteiger partial charge in [-0.1, -0.05) is 0 Å². The molecule has 162 valence electrons. The van der Waals surface area contributed by atoms with Crippen LogP contribution < -0.4 is 0 Å². The van der Waals surface area contributed by atoms with Crippen LogP contribution in [0.3, 0.4) is 0 Å². The minimum atomic E-state index is -2.52. The second-order valence-corrected chi connectivity index (χ2v) is 23.0. The van der Waals surface area contributed by atoms with E-state index in [1.165, 1.54) is 65.2 Å². The molecule has 0 aromatic carbocycles. The summed E-state index contributed by atoms with van der Waals surface area (Å²) < 4.78 is 10.4. The molecule has 0 aliphatic heterocycles. The van der Waals surface area contributed by atoms with Gasteiger partial charge in [0, 0.05) is 0 Å². The summed E-state index contributed by atoms with van der Waals surface area (Å²) in [5.41, 5.74) is 0. The summed E-state index contributed by atoms with van der Waals surface area (Å²) >= 11 is -2.52. The molecule has 28 heavy (non-hydrogen) atoms. The molecular formula is C24H44O3Sn. The van der Waals surface area contributed by atoms with Crippen molar-refractivity contribution in [1.82, 2.24) is 0 Å². The van der Waals surface area contributed by atoms with Crippen molar-refractivity contribution in [2.45, 2.75) is 115 Å². The molecule has 0 aromatic heterocycles. The minimum absolute atomic E-state index is 0.0949. The van der Waals surface area contributed by atoms with Gasteiger partial charge in [0.15, 0.2) is 0 Å². The Morgan fingerprint density at radius 3 is 2.11 bits per heavy atom. The molecule has 0 heterocycles. The van der Waals surface area contributed by atoms with Gasteiger partial charge in [0.2, 0.25) is 0 Å². The van der Waals surface area contributed by atoms with E-state index in [1.807, 2.05) is 0 Å². The third kappa shape index (κ3) is 7.83. The summed E-state index contributed by atoms with van der Waals surface area (Å²) in [6.07, 6.45) is 12.8. The van der Waals surface area contributed by atoms with Crippen molar-refractivity contribution >= 4 is 30.1 Å². The number of hydrogen-bond donors (Lipinski definition) is 0. The van der Waals surface area contributed by atoms with Gasteiger partial charge in [-0.3, -0.25) is 0 Å². The van der Waals surface area contributed by atoms with Crippen LogP contribution in [-0.4, -0.2) is 36.2 Å². The van der Waals surface area contributed by atoms with Crippen molar-refractivity contribution in [3.8, 4) is 0 Å². The maximum atomic E-state index is 13.1. The number of carbonyl (C=O) groups excluding carboxylic acids is 2. The monoisotopic (exact) mass is 500 g/mol. The van der Waals surface area contributed by atoms with E-state index in [-0.39, 0.29) is 18.0 Å². The first-order valence-electron chi connectivity index (χ1n) is 11.8. The van der Waals surface area contributed by atoms with Gasteiger partial charge in [-0.25, -0.2) is 0 Å². The molecule has 1 saturated carbocycles. The molecule has 3 atom stereocenters. The molecule has 4 heteroatoms. The van der Waals surface area contributed by atoms with Crippen LogP contribution in [0.15, 0.2) is 12.7 Å². The van der Waals surface area contributed by atoms with Crippen molar-refractivity contribution in [2.24, 2.45) is 5.92 Å². The number of esters is 1. The van der Waals surface area contributed by atoms with Gasteiger partial charge >= 0.3 is 178 Å². The summed E-state index contributed by atoms with van der Waals surface area (Å²) in [6.45, 7) is 12.2. The molecule has 3 nitrogen and oxygen atoms in total. The first kappa shape index (κ1) is 25.7. The molecule has 0 aromatic rings. The zero-order valence-electron chi connectivity index (χ0n) is 18.9. The summed E-state index contributed by atoms with van der Waals surface area (Å²) in [5.74, 6) is 0.251. The van der Waals surface area contributed by atoms with E-state index in [2.05, 4.69) is 27.4 Å². The molecule has 0 bridgehead atoms. The number of rotatable bonds is 14. The van der Waals surface area contributed by atoms with E-state index in [1.54, 1.807) is 6.08 Å². The normalized spacial score (nSPS) is 21.4. The number of carbonyl (C=O) groups is 2. The van der Waals surface area contributed by atoms with Gasteiger partial charge in [0.1, 0.15) is 0 Å². The zero-order chi connectivity index (χ0) is 21.0. The van der Waals surface area contributed by atoms with Crippen molar-refractivity contribution in [2.75, 3.05) is 0 Å². The van der Waals surface area contributed by atoms with Crippen molar-refractivity contribution in [3.63, 3.8) is 0 Å². The molecule has 0 radical (unpaired) electrons. The Morgan fingerprint density at radius 2 is 1.68 bits per heavy atom. The molecular weight excluding hydrogens is 455 g/mol. The quantitative estimate of drug-likeness (QED) is 0.146. The van der Waals surface area contributed by atoms with Crippen molar-refractivity contribution in [3.05, 3.63) is 12.7 Å². The third-order valence-electron chi connectivity index (χ3n) is 6.78. The van der Waals surface area contributed by atoms with E-state index >= 15 is 0 Å². The van der Waals surface area contributed by atoms with E-state index in [9.17, 15) is 9.59 Å². The van der Waals surface area contributed by atoms with Gasteiger partial charge in [0.05, 0.1) is 0 Å². The van der Waals surface area contributed by atoms with Crippen LogP contribution in [0.1, 0.15) is 91.9 Å². The van der Waals surface area contributed by atoms with Crippen LogP contribution in [0.5, 0.6) is 0 Å². The molecule has 1 aliphatic carbocycles. The number of hydrogen-bond acceptors (Lipinski definition) is 3. The zero-order valence-corrected chi connectivity index (χ0v) is 21.8. The fraction of sp³-hybridized carbons (Fsp3) is 0.833. The molecule has 1 aliphatic rings. The molecule has 0 spiro atoms. The standard InChI is InChI=1S/C12H17O3.3C4H9.Sn/c1-3-11(15-9(2)13)8-10-6-4-5-7-12(10)14;3*1-3-4-2;/h3,6,10-11H,1,4-5,7-8H2,2H3;3*1,3-4H2,2H3;. The summed E-state index contributed by atoms with van der Waals surface area (Å²) in [4.78, 5) is 24.6. The second kappa shape index (κ2) is 13.8. The Hall–Kier alpha value is -0.321. The average Bonchev–Trinajstić information content (AvgIpc) is 2.68. The van der Waals surface area contributed by atoms with E-state index in [0.29, 0.717) is 22.6 Å². The Balaban J connectivity index is 3.19. The Morgan fingerprint density at radius 1 is 1.14 bits per heavy atom. The van der Waals surface area contributed by atoms with E-state index < -0.39 is 18.4 Å². The number of unbranched alkanes of at least 4 members (excludes halogenated alkanes) is 3. The van der Waals surface area contributed by atoms with Crippen molar-refractivity contribution in [1.29, 1.82) is 0 Å². The Labute approximate surface area is 177 Å². The predicted molar refractivity (Wildman–Crippen MR) is 121 cm³/mol. The Kier molecular flexibility index (Phi) is 12.7. The average molecular weight is 499 g/mol. The first-order valence-corrected chi connectivity index (χ1v) is 19.5. The molecule has 0 amide bonds. The second-order valence-electron chi connectivity index (χ2n) is 8.86. The molecule has 0 N–H and O–H groups in total. The number of Topliss-reactive ketones (excluding diaryl/α,β-unsaturated/α-hetero) is 1.